The van der Waals surface area contributed by atoms with Gasteiger partial charge in [-0.25, -0.2) is 0 Å². The molecule has 0 bridgehead atoms. The highest BCUT2D eigenvalue weighted by Gasteiger charge is 2.21. The number of ether oxygens (including phenoxy) is 1. The first-order valence-corrected chi connectivity index (χ1v) is 12.6. The minimum absolute atomic E-state index is 0.0126. The summed E-state index contributed by atoms with van der Waals surface area (Å²) < 4.78 is 5.62. The summed E-state index contributed by atoms with van der Waals surface area (Å²) >= 11 is 0. The zero-order chi connectivity index (χ0) is 22.8. The van der Waals surface area contributed by atoms with Gasteiger partial charge < -0.3 is 15.4 Å². The average Bonchev–Trinajstić information content (AvgIpc) is 3.62. The van der Waals surface area contributed by atoms with Crippen LogP contribution in [0.2, 0.25) is 0 Å². The van der Waals surface area contributed by atoms with Crippen LogP contribution in [0.5, 0.6) is 0 Å². The van der Waals surface area contributed by atoms with E-state index >= 15 is 0 Å². The normalized spacial score (nSPS) is 19.6. The molecule has 1 amide bonds. The molecule has 1 heterocycles. The summed E-state index contributed by atoms with van der Waals surface area (Å²) in [5, 5.41) is 8.82. The Balaban J connectivity index is 1.53. The van der Waals surface area contributed by atoms with Crippen LogP contribution in [-0.2, 0) is 4.74 Å². The third-order valence-electron chi connectivity index (χ3n) is 6.77. The number of piperidine rings is 1. The minimum Gasteiger partial charge on any atom is -0.379 e. The van der Waals surface area contributed by atoms with Gasteiger partial charge in [0.2, 0.25) is 0 Å². The smallest absolute Gasteiger partial charge is 0.251 e. The van der Waals surface area contributed by atoms with E-state index in [4.69, 9.17) is 4.74 Å². The van der Waals surface area contributed by atoms with Gasteiger partial charge in [-0.15, -0.1) is 0 Å². The van der Waals surface area contributed by atoms with Crippen molar-refractivity contribution in [2.45, 2.75) is 59.3 Å². The van der Waals surface area contributed by atoms with Crippen molar-refractivity contribution in [3.8, 4) is 0 Å². The van der Waals surface area contributed by atoms with Gasteiger partial charge in [-0.1, -0.05) is 37.3 Å². The molecule has 1 atom stereocenters. The lowest BCUT2D eigenvalue weighted by Gasteiger charge is -2.21. The molecule has 1 unspecified atom stereocenters. The summed E-state index contributed by atoms with van der Waals surface area (Å²) in [6, 6.07) is 4.05. The number of amides is 1. The van der Waals surface area contributed by atoms with E-state index in [1.807, 2.05) is 13.0 Å². The Morgan fingerprint density at radius 1 is 1.22 bits per heavy atom. The Morgan fingerprint density at radius 2 is 2.00 bits per heavy atom. The van der Waals surface area contributed by atoms with Gasteiger partial charge in [-0.3, -0.25) is 4.79 Å². The van der Waals surface area contributed by atoms with Gasteiger partial charge in [0.15, 0.2) is 0 Å². The molecule has 1 aliphatic carbocycles. The summed E-state index contributed by atoms with van der Waals surface area (Å²) in [5.41, 5.74) is 1.80. The van der Waals surface area contributed by atoms with Gasteiger partial charge in [0.05, 0.1) is 6.61 Å². The van der Waals surface area contributed by atoms with Gasteiger partial charge in [-0.2, -0.15) is 0 Å². The Morgan fingerprint density at radius 3 is 2.72 bits per heavy atom. The summed E-state index contributed by atoms with van der Waals surface area (Å²) in [6.07, 6.45) is 16.6. The third-order valence-corrected chi connectivity index (χ3v) is 6.77. The first-order valence-electron chi connectivity index (χ1n) is 12.6. The molecule has 4 heteroatoms. The number of allylic oxidation sites excluding steroid dienone is 2. The van der Waals surface area contributed by atoms with Crippen LogP contribution in [0.4, 0.5) is 0 Å². The highest BCUT2D eigenvalue weighted by atomic mass is 16.5. The second-order valence-electron chi connectivity index (χ2n) is 9.58. The van der Waals surface area contributed by atoms with E-state index in [1.54, 1.807) is 0 Å². The van der Waals surface area contributed by atoms with E-state index in [-0.39, 0.29) is 5.91 Å². The van der Waals surface area contributed by atoms with Crippen LogP contribution >= 0.6 is 0 Å². The van der Waals surface area contributed by atoms with Gasteiger partial charge in [0, 0.05) is 18.7 Å². The average molecular weight is 439 g/mol. The molecule has 176 valence electrons. The highest BCUT2D eigenvalue weighted by molar-refractivity contribution is 5.95. The topological polar surface area (TPSA) is 50.4 Å². The lowest BCUT2D eigenvalue weighted by Crippen LogP contribution is -2.33. The van der Waals surface area contributed by atoms with Crippen molar-refractivity contribution >= 4 is 18.1 Å². The highest BCUT2D eigenvalue weighted by Crippen LogP contribution is 2.28. The molecule has 1 aromatic rings. The molecule has 2 N–H and O–H groups in total. The number of carbonyl (C=O) groups excluding carboxylic acids is 1. The number of carbonyl (C=O) groups is 1. The van der Waals surface area contributed by atoms with Gasteiger partial charge in [0.1, 0.15) is 0 Å². The Labute approximate surface area is 194 Å². The predicted octanol–water partition coefficient (Wildman–Crippen LogP) is 3.70. The molecule has 1 saturated carbocycles. The summed E-state index contributed by atoms with van der Waals surface area (Å²) in [4.78, 5) is 12.7. The van der Waals surface area contributed by atoms with E-state index in [0.717, 1.165) is 41.2 Å². The fourth-order valence-electron chi connectivity index (χ4n) is 4.44. The summed E-state index contributed by atoms with van der Waals surface area (Å²) in [5.74, 6) is 2.10. The van der Waals surface area contributed by atoms with Crippen LogP contribution < -0.4 is 21.1 Å². The van der Waals surface area contributed by atoms with Crippen molar-refractivity contribution in [2.75, 3.05) is 32.8 Å². The Kier molecular flexibility index (Phi) is 10.0. The molecule has 1 aromatic carbocycles. The standard InChI is InChI=1S/C28H42N2O2/c1-4-26-22(3)27(28(31)30-18-19-32-20-24-9-10-24)13-12-25(26)11-8-21(2)6-5-7-23-14-16-29-17-15-23/h4-6,11-13,21,23-24,29H,7-10,14-20H2,1-3H3,(H,30,31). The number of rotatable bonds is 11. The third kappa shape index (κ3) is 7.90. The predicted molar refractivity (Wildman–Crippen MR) is 134 cm³/mol. The number of hydrogen-bond donors (Lipinski definition) is 2. The molecule has 0 aromatic heterocycles. The molecular formula is C28H42N2O2. The SMILES string of the molecule is CC=c1c(C)c(C(=O)NCCOCC2CC2)ccc1=CCC(C)C=CCC1CCNCC1. The molecule has 2 fully saturated rings. The Bertz CT molecular complexity index is 879. The quantitative estimate of drug-likeness (QED) is 0.409. The van der Waals surface area contributed by atoms with Crippen LogP contribution in [0, 0.1) is 24.7 Å². The number of benzene rings is 1. The lowest BCUT2D eigenvalue weighted by molar-refractivity contribution is 0.0906. The molecule has 1 saturated heterocycles. The van der Waals surface area contributed by atoms with Crippen molar-refractivity contribution in [2.24, 2.45) is 17.8 Å². The second-order valence-corrected chi connectivity index (χ2v) is 9.58. The summed E-state index contributed by atoms with van der Waals surface area (Å²) in [6.45, 7) is 10.7. The fourth-order valence-corrected chi connectivity index (χ4v) is 4.44. The second kappa shape index (κ2) is 13.0. The largest absolute Gasteiger partial charge is 0.379 e. The molecular weight excluding hydrogens is 396 g/mol. The van der Waals surface area contributed by atoms with Crippen LogP contribution in [0.25, 0.3) is 12.2 Å². The van der Waals surface area contributed by atoms with Crippen molar-refractivity contribution < 1.29 is 9.53 Å². The maximum Gasteiger partial charge on any atom is 0.251 e. The first kappa shape index (κ1) is 24.7. The van der Waals surface area contributed by atoms with Crippen LogP contribution in [0.15, 0.2) is 24.3 Å². The van der Waals surface area contributed by atoms with E-state index in [9.17, 15) is 4.79 Å². The van der Waals surface area contributed by atoms with E-state index in [0.29, 0.717) is 19.1 Å². The van der Waals surface area contributed by atoms with Gasteiger partial charge in [0.25, 0.3) is 5.91 Å². The zero-order valence-electron chi connectivity index (χ0n) is 20.3. The molecule has 3 rings (SSSR count). The number of nitrogens with one attached hydrogen (secondary N) is 2. The van der Waals surface area contributed by atoms with Crippen molar-refractivity contribution in [1.82, 2.24) is 10.6 Å². The maximum atomic E-state index is 12.7. The summed E-state index contributed by atoms with van der Waals surface area (Å²) in [7, 11) is 0. The molecule has 2 aliphatic rings. The Hall–Kier alpha value is -1.91. The lowest BCUT2D eigenvalue weighted by atomic mass is 9.93. The van der Waals surface area contributed by atoms with E-state index < -0.39 is 0 Å². The van der Waals surface area contributed by atoms with Crippen LogP contribution in [0.1, 0.15) is 68.3 Å². The van der Waals surface area contributed by atoms with Crippen LogP contribution in [0.3, 0.4) is 0 Å². The minimum atomic E-state index is -0.0126. The van der Waals surface area contributed by atoms with Crippen molar-refractivity contribution in [1.29, 1.82) is 0 Å². The molecule has 1 aliphatic heterocycles. The van der Waals surface area contributed by atoms with Crippen LogP contribution in [-0.4, -0.2) is 38.8 Å². The molecule has 0 radical (unpaired) electrons. The van der Waals surface area contributed by atoms with Crippen molar-refractivity contribution in [3.05, 3.63) is 45.8 Å². The molecule has 4 nitrogen and oxygen atoms in total. The monoisotopic (exact) mass is 438 g/mol. The number of hydrogen-bond acceptors (Lipinski definition) is 3. The van der Waals surface area contributed by atoms with Crippen molar-refractivity contribution in [3.63, 3.8) is 0 Å². The molecule has 0 spiro atoms. The first-order chi connectivity index (χ1) is 15.6. The zero-order valence-corrected chi connectivity index (χ0v) is 20.3. The molecule has 32 heavy (non-hydrogen) atoms. The van der Waals surface area contributed by atoms with Gasteiger partial charge in [-0.05, 0) is 105 Å². The van der Waals surface area contributed by atoms with Gasteiger partial charge >= 0.3 is 0 Å². The maximum absolute atomic E-state index is 12.7. The fraction of sp³-hybridized carbons (Fsp3) is 0.607. The van der Waals surface area contributed by atoms with E-state index in [1.165, 1.54) is 50.4 Å². The van der Waals surface area contributed by atoms with E-state index in [2.05, 4.69) is 54.9 Å².